The van der Waals surface area contributed by atoms with Gasteiger partial charge in [-0.3, -0.25) is 0 Å². The first-order chi connectivity index (χ1) is 21.2. The van der Waals surface area contributed by atoms with E-state index in [0.717, 1.165) is 0 Å². The Morgan fingerprint density at radius 1 is 0.568 bits per heavy atom. The largest absolute Gasteiger partial charge is 0.336 e. The lowest BCUT2D eigenvalue weighted by atomic mass is 9.77. The fraction of sp³-hybridized carbons (Fsp3) is 0.442. The average molecular weight is 582 g/mol. The number of nitrogens with zero attached hydrogens (tertiary/aromatic N) is 1. The highest BCUT2D eigenvalue weighted by Gasteiger charge is 2.39. The van der Waals surface area contributed by atoms with Gasteiger partial charge in [-0.15, -0.1) is 0 Å². The Kier molecular flexibility index (Phi) is 7.72. The highest BCUT2D eigenvalue weighted by Crippen LogP contribution is 2.55. The van der Waals surface area contributed by atoms with Crippen LogP contribution in [-0.2, 0) is 5.41 Å². The van der Waals surface area contributed by atoms with Gasteiger partial charge in [0.1, 0.15) is 0 Å². The standard InChI is InChI=1S/C43H51N/c1-42(2,3)44(39-27-17-25-33(30-18-9-6-10-19-30)41(39)32-22-13-8-14-23-32)40-29-36-34-24-15-16-26-37(34)43(4,5)38(36)28-35(40)31-20-11-7-12-21-31/h6,9-10,15-19,24-29,31-32H,7-8,11-14,20-23H2,1-5H3. The predicted molar refractivity (Wildman–Crippen MR) is 189 cm³/mol. The molecular weight excluding hydrogens is 530 g/mol. The molecule has 0 heterocycles. The first kappa shape index (κ1) is 29.4. The summed E-state index contributed by atoms with van der Waals surface area (Å²) in [5.74, 6) is 1.20. The maximum atomic E-state index is 2.78. The van der Waals surface area contributed by atoms with E-state index in [1.165, 1.54) is 109 Å². The zero-order valence-electron chi connectivity index (χ0n) is 27.8. The number of rotatable bonds is 5. The van der Waals surface area contributed by atoms with Gasteiger partial charge < -0.3 is 4.90 Å². The van der Waals surface area contributed by atoms with Crippen molar-refractivity contribution < 1.29 is 0 Å². The van der Waals surface area contributed by atoms with Gasteiger partial charge in [0.15, 0.2) is 0 Å². The molecule has 0 saturated heterocycles. The summed E-state index contributed by atoms with van der Waals surface area (Å²) in [6.45, 7) is 12.2. The summed E-state index contributed by atoms with van der Waals surface area (Å²) in [5.41, 5.74) is 14.6. The van der Waals surface area contributed by atoms with Crippen LogP contribution in [-0.4, -0.2) is 5.54 Å². The van der Waals surface area contributed by atoms with Crippen molar-refractivity contribution >= 4 is 11.4 Å². The molecule has 228 valence electrons. The number of hydrogen-bond acceptors (Lipinski definition) is 1. The molecule has 0 radical (unpaired) electrons. The van der Waals surface area contributed by atoms with E-state index in [1.807, 2.05) is 0 Å². The molecule has 4 aromatic rings. The minimum Gasteiger partial charge on any atom is -0.336 e. The molecule has 2 saturated carbocycles. The second-order valence-corrected chi connectivity index (χ2v) is 15.4. The SMILES string of the molecule is CC1(C)c2ccccc2-c2cc(N(c3cccc(-c4ccccc4)c3C3CCCCC3)C(C)(C)C)c(C3CCCCC3)cc21. The molecule has 0 spiro atoms. The van der Waals surface area contributed by atoms with Crippen LogP contribution in [0.25, 0.3) is 22.3 Å². The van der Waals surface area contributed by atoms with Crippen molar-refractivity contribution in [3.05, 3.63) is 107 Å². The van der Waals surface area contributed by atoms with Gasteiger partial charge in [0.05, 0.1) is 0 Å². The first-order valence-corrected chi connectivity index (χ1v) is 17.5. The molecule has 0 bridgehead atoms. The van der Waals surface area contributed by atoms with E-state index in [4.69, 9.17) is 0 Å². The zero-order valence-corrected chi connectivity index (χ0v) is 27.8. The second-order valence-electron chi connectivity index (χ2n) is 15.4. The van der Waals surface area contributed by atoms with E-state index in [9.17, 15) is 0 Å². The smallest absolute Gasteiger partial charge is 0.0457 e. The lowest BCUT2D eigenvalue weighted by Crippen LogP contribution is -2.39. The number of fused-ring (bicyclic) bond motifs is 3. The molecule has 0 aromatic heterocycles. The van der Waals surface area contributed by atoms with Gasteiger partial charge in [-0.05, 0) is 115 Å². The van der Waals surface area contributed by atoms with Gasteiger partial charge in [0.25, 0.3) is 0 Å². The summed E-state index contributed by atoms with van der Waals surface area (Å²) in [6, 6.07) is 32.8. The monoisotopic (exact) mass is 581 g/mol. The summed E-state index contributed by atoms with van der Waals surface area (Å²) in [6.07, 6.45) is 13.3. The molecule has 1 heteroatoms. The Bertz CT molecular complexity index is 1620. The van der Waals surface area contributed by atoms with Crippen LogP contribution in [0.4, 0.5) is 11.4 Å². The molecule has 1 nitrogen and oxygen atoms in total. The lowest BCUT2D eigenvalue weighted by molar-refractivity contribution is 0.438. The van der Waals surface area contributed by atoms with Crippen molar-refractivity contribution in [1.82, 2.24) is 0 Å². The Hall–Kier alpha value is -3.32. The Morgan fingerprint density at radius 2 is 1.18 bits per heavy atom. The molecule has 0 atom stereocenters. The first-order valence-electron chi connectivity index (χ1n) is 17.5. The molecule has 3 aliphatic rings. The van der Waals surface area contributed by atoms with Crippen LogP contribution in [0.5, 0.6) is 0 Å². The summed E-state index contributed by atoms with van der Waals surface area (Å²) >= 11 is 0. The van der Waals surface area contributed by atoms with Gasteiger partial charge >= 0.3 is 0 Å². The van der Waals surface area contributed by atoms with E-state index in [2.05, 4.69) is 124 Å². The second kappa shape index (κ2) is 11.6. The minimum absolute atomic E-state index is 0.0148. The quantitative estimate of drug-likeness (QED) is 0.227. The molecule has 7 rings (SSSR count). The highest BCUT2D eigenvalue weighted by molar-refractivity contribution is 5.87. The van der Waals surface area contributed by atoms with Crippen molar-refractivity contribution in [2.24, 2.45) is 0 Å². The van der Waals surface area contributed by atoms with Crippen LogP contribution < -0.4 is 4.90 Å². The van der Waals surface area contributed by atoms with Gasteiger partial charge in [-0.25, -0.2) is 0 Å². The van der Waals surface area contributed by atoms with Gasteiger partial charge in [0, 0.05) is 22.3 Å². The number of hydrogen-bond donors (Lipinski definition) is 0. The Morgan fingerprint density at radius 3 is 1.86 bits per heavy atom. The minimum atomic E-state index is -0.0932. The maximum Gasteiger partial charge on any atom is 0.0457 e. The molecule has 0 N–H and O–H groups in total. The Labute approximate surface area is 266 Å². The molecule has 0 unspecified atom stereocenters. The summed E-state index contributed by atoms with van der Waals surface area (Å²) in [7, 11) is 0. The van der Waals surface area contributed by atoms with Crippen molar-refractivity contribution in [3.63, 3.8) is 0 Å². The van der Waals surface area contributed by atoms with Crippen LogP contribution >= 0.6 is 0 Å². The fourth-order valence-corrected chi connectivity index (χ4v) is 8.98. The van der Waals surface area contributed by atoms with Crippen LogP contribution in [0.15, 0.2) is 84.9 Å². The number of benzene rings is 4. The molecular formula is C43H51N. The summed E-state index contributed by atoms with van der Waals surface area (Å²) < 4.78 is 0. The summed E-state index contributed by atoms with van der Waals surface area (Å²) in [4.78, 5) is 2.78. The van der Waals surface area contributed by atoms with E-state index in [0.29, 0.717) is 11.8 Å². The van der Waals surface area contributed by atoms with Gasteiger partial charge in [-0.1, -0.05) is 125 Å². The van der Waals surface area contributed by atoms with E-state index < -0.39 is 0 Å². The molecule has 0 aliphatic heterocycles. The van der Waals surface area contributed by atoms with Crippen molar-refractivity contribution in [2.75, 3.05) is 4.90 Å². The van der Waals surface area contributed by atoms with Crippen molar-refractivity contribution in [2.45, 2.75) is 122 Å². The predicted octanol–water partition coefficient (Wildman–Crippen LogP) is 12.7. The van der Waals surface area contributed by atoms with Crippen LogP contribution in [0.1, 0.15) is 133 Å². The third-order valence-corrected chi connectivity index (χ3v) is 11.1. The van der Waals surface area contributed by atoms with Gasteiger partial charge in [-0.2, -0.15) is 0 Å². The lowest BCUT2D eigenvalue weighted by Gasteiger charge is -2.43. The third-order valence-electron chi connectivity index (χ3n) is 11.1. The molecule has 44 heavy (non-hydrogen) atoms. The fourth-order valence-electron chi connectivity index (χ4n) is 8.98. The van der Waals surface area contributed by atoms with Crippen LogP contribution in [0.3, 0.4) is 0 Å². The zero-order chi connectivity index (χ0) is 30.5. The topological polar surface area (TPSA) is 3.24 Å². The third kappa shape index (κ3) is 5.11. The maximum absolute atomic E-state index is 2.78. The normalized spacial score (nSPS) is 18.6. The highest BCUT2D eigenvalue weighted by atomic mass is 15.2. The molecule has 3 aliphatic carbocycles. The van der Waals surface area contributed by atoms with E-state index >= 15 is 0 Å². The summed E-state index contributed by atoms with van der Waals surface area (Å²) in [5, 5.41) is 0. The van der Waals surface area contributed by atoms with Gasteiger partial charge in [0.2, 0.25) is 0 Å². The average Bonchev–Trinajstić information content (AvgIpc) is 3.27. The van der Waals surface area contributed by atoms with Crippen LogP contribution in [0.2, 0.25) is 0 Å². The van der Waals surface area contributed by atoms with E-state index in [1.54, 1.807) is 11.1 Å². The molecule has 4 aromatic carbocycles. The Balaban J connectivity index is 1.51. The van der Waals surface area contributed by atoms with Crippen molar-refractivity contribution in [3.8, 4) is 22.3 Å². The van der Waals surface area contributed by atoms with Crippen molar-refractivity contribution in [1.29, 1.82) is 0 Å². The molecule has 2 fully saturated rings. The van der Waals surface area contributed by atoms with E-state index in [-0.39, 0.29) is 11.0 Å². The molecule has 0 amide bonds. The number of anilines is 2. The van der Waals surface area contributed by atoms with Crippen LogP contribution in [0, 0.1) is 0 Å².